The smallest absolute Gasteiger partial charge is 0.338 e. The summed E-state index contributed by atoms with van der Waals surface area (Å²) in [5, 5.41) is 16.9. The number of esters is 1. The molecule has 0 aromatic heterocycles. The first-order valence-corrected chi connectivity index (χ1v) is 8.63. The third-order valence-corrected chi connectivity index (χ3v) is 4.25. The molecule has 1 saturated heterocycles. The Bertz CT molecular complexity index is 698. The van der Waals surface area contributed by atoms with E-state index in [4.69, 9.17) is 9.47 Å². The van der Waals surface area contributed by atoms with Crippen molar-refractivity contribution < 1.29 is 24.0 Å². The molecule has 26 heavy (non-hydrogen) atoms. The minimum Gasteiger partial charge on any atom is -0.452 e. The third-order valence-electron chi connectivity index (χ3n) is 4.25. The maximum absolute atomic E-state index is 12.1. The van der Waals surface area contributed by atoms with Crippen LogP contribution in [0.15, 0.2) is 18.2 Å². The third kappa shape index (κ3) is 4.92. The molecule has 1 aliphatic heterocycles. The molecule has 1 saturated carbocycles. The molecule has 2 aliphatic rings. The zero-order valence-electron chi connectivity index (χ0n) is 14.2. The number of hydrogen-bond acceptors (Lipinski definition) is 7. The molecule has 1 aliphatic carbocycles. The Balaban J connectivity index is 1.52. The summed E-state index contributed by atoms with van der Waals surface area (Å²) < 4.78 is 10.3. The summed E-state index contributed by atoms with van der Waals surface area (Å²) in [6.45, 7) is 0.630. The van der Waals surface area contributed by atoms with Gasteiger partial charge in [-0.15, -0.1) is 0 Å². The second kappa shape index (κ2) is 8.13. The quantitative estimate of drug-likeness (QED) is 0.409. The van der Waals surface area contributed by atoms with Gasteiger partial charge in [0.1, 0.15) is 5.69 Å². The summed E-state index contributed by atoms with van der Waals surface area (Å²) in [7, 11) is 0. The van der Waals surface area contributed by atoms with Crippen molar-refractivity contribution in [3.8, 4) is 0 Å². The van der Waals surface area contributed by atoms with Crippen LogP contribution < -0.4 is 10.6 Å². The van der Waals surface area contributed by atoms with Crippen LogP contribution in [-0.2, 0) is 14.3 Å². The van der Waals surface area contributed by atoms with Crippen molar-refractivity contribution in [2.24, 2.45) is 0 Å². The van der Waals surface area contributed by atoms with Gasteiger partial charge in [0.15, 0.2) is 6.61 Å². The van der Waals surface area contributed by atoms with Gasteiger partial charge in [0.05, 0.1) is 16.6 Å². The molecule has 1 aromatic carbocycles. The maximum Gasteiger partial charge on any atom is 0.338 e. The fraction of sp³-hybridized carbons (Fsp3) is 0.529. The fourth-order valence-corrected chi connectivity index (χ4v) is 2.68. The molecular weight excluding hydrogens is 342 g/mol. The number of ether oxygens (including phenoxy) is 2. The van der Waals surface area contributed by atoms with E-state index in [-0.39, 0.29) is 23.4 Å². The van der Waals surface area contributed by atoms with E-state index < -0.39 is 23.4 Å². The molecule has 0 bridgehead atoms. The number of carbonyl (C=O) groups is 2. The molecule has 1 aromatic rings. The number of nitro groups is 1. The van der Waals surface area contributed by atoms with E-state index in [1.807, 2.05) is 0 Å². The van der Waals surface area contributed by atoms with Gasteiger partial charge in [-0.2, -0.15) is 0 Å². The van der Waals surface area contributed by atoms with Gasteiger partial charge in [-0.3, -0.25) is 14.9 Å². The van der Waals surface area contributed by atoms with E-state index in [2.05, 4.69) is 10.6 Å². The zero-order chi connectivity index (χ0) is 18.5. The van der Waals surface area contributed by atoms with E-state index in [9.17, 15) is 19.7 Å². The van der Waals surface area contributed by atoms with Crippen molar-refractivity contribution in [1.82, 2.24) is 5.32 Å². The highest BCUT2D eigenvalue weighted by Gasteiger charge is 2.26. The molecule has 3 rings (SSSR count). The SMILES string of the molecule is O=C(COC(=O)c1ccc(NC2CC2)c([N+](=O)[O-])c1)NC[C@@H]1CCCO1. The molecule has 9 nitrogen and oxygen atoms in total. The number of nitrogens with one attached hydrogen (secondary N) is 2. The Morgan fingerprint density at radius 1 is 1.31 bits per heavy atom. The van der Waals surface area contributed by atoms with E-state index >= 15 is 0 Å². The Labute approximate surface area is 150 Å². The lowest BCUT2D eigenvalue weighted by Gasteiger charge is -2.11. The van der Waals surface area contributed by atoms with Crippen LogP contribution in [0.5, 0.6) is 0 Å². The van der Waals surface area contributed by atoms with Gasteiger partial charge in [-0.1, -0.05) is 0 Å². The average Bonchev–Trinajstić information content (AvgIpc) is 3.29. The Kier molecular flexibility index (Phi) is 5.67. The number of nitro benzene ring substituents is 1. The fourth-order valence-electron chi connectivity index (χ4n) is 2.68. The van der Waals surface area contributed by atoms with Crippen LogP contribution in [0.4, 0.5) is 11.4 Å². The summed E-state index contributed by atoms with van der Waals surface area (Å²) in [4.78, 5) is 34.5. The van der Waals surface area contributed by atoms with E-state index in [0.717, 1.165) is 31.7 Å². The number of benzene rings is 1. The molecule has 140 valence electrons. The van der Waals surface area contributed by atoms with Crippen molar-refractivity contribution in [3.05, 3.63) is 33.9 Å². The van der Waals surface area contributed by atoms with Crippen LogP contribution >= 0.6 is 0 Å². The summed E-state index contributed by atoms with van der Waals surface area (Å²) in [5.74, 6) is -1.21. The van der Waals surface area contributed by atoms with E-state index in [1.54, 1.807) is 0 Å². The predicted molar refractivity (Wildman–Crippen MR) is 92.0 cm³/mol. The Hall–Kier alpha value is -2.68. The summed E-state index contributed by atoms with van der Waals surface area (Å²) in [5.41, 5.74) is 0.225. The van der Waals surface area contributed by atoms with Gasteiger partial charge >= 0.3 is 5.97 Å². The van der Waals surface area contributed by atoms with Gasteiger partial charge in [0.25, 0.3) is 11.6 Å². The first-order valence-electron chi connectivity index (χ1n) is 8.63. The van der Waals surface area contributed by atoms with Crippen LogP contribution in [0.2, 0.25) is 0 Å². The van der Waals surface area contributed by atoms with Gasteiger partial charge < -0.3 is 20.1 Å². The molecule has 0 spiro atoms. The molecule has 0 unspecified atom stereocenters. The second-order valence-corrected chi connectivity index (χ2v) is 6.42. The van der Waals surface area contributed by atoms with Gasteiger partial charge in [0, 0.05) is 25.3 Å². The van der Waals surface area contributed by atoms with Crippen LogP contribution in [-0.4, -0.2) is 48.7 Å². The highest BCUT2D eigenvalue weighted by atomic mass is 16.6. The van der Waals surface area contributed by atoms with Crippen LogP contribution in [0, 0.1) is 10.1 Å². The van der Waals surface area contributed by atoms with E-state index in [0.29, 0.717) is 18.8 Å². The van der Waals surface area contributed by atoms with Crippen LogP contribution in [0.25, 0.3) is 0 Å². The predicted octanol–water partition coefficient (Wildman–Crippen LogP) is 1.62. The van der Waals surface area contributed by atoms with Gasteiger partial charge in [0.2, 0.25) is 0 Å². The average molecular weight is 363 g/mol. The topological polar surface area (TPSA) is 120 Å². The number of hydrogen-bond donors (Lipinski definition) is 2. The first kappa shape index (κ1) is 18.1. The summed E-state index contributed by atoms with van der Waals surface area (Å²) in [6.07, 6.45) is 3.82. The molecule has 9 heteroatoms. The minimum absolute atomic E-state index is 0.00353. The molecule has 0 radical (unpaired) electrons. The number of amides is 1. The molecule has 1 atom stereocenters. The highest BCUT2D eigenvalue weighted by molar-refractivity contribution is 5.93. The highest BCUT2D eigenvalue weighted by Crippen LogP contribution is 2.31. The normalized spacial score (nSPS) is 19.0. The van der Waals surface area contributed by atoms with Crippen molar-refractivity contribution in [2.45, 2.75) is 37.8 Å². The first-order chi connectivity index (χ1) is 12.5. The van der Waals surface area contributed by atoms with Crippen LogP contribution in [0.1, 0.15) is 36.0 Å². The van der Waals surface area contributed by atoms with Gasteiger partial charge in [-0.05, 0) is 37.8 Å². The number of anilines is 1. The second-order valence-electron chi connectivity index (χ2n) is 6.42. The lowest BCUT2D eigenvalue weighted by Crippen LogP contribution is -2.34. The maximum atomic E-state index is 12.1. The monoisotopic (exact) mass is 363 g/mol. The van der Waals surface area contributed by atoms with Crippen molar-refractivity contribution in [1.29, 1.82) is 0 Å². The largest absolute Gasteiger partial charge is 0.452 e. The molecule has 2 N–H and O–H groups in total. The van der Waals surface area contributed by atoms with Crippen molar-refractivity contribution in [3.63, 3.8) is 0 Å². The molecule has 1 amide bonds. The standard InChI is InChI=1S/C17H21N3O6/c21-16(18-9-13-2-1-7-25-13)10-26-17(22)11-3-6-14(19-12-4-5-12)15(8-11)20(23)24/h3,6,8,12-13,19H,1-2,4-5,7,9-10H2,(H,18,21)/t13-/m0/s1. The lowest BCUT2D eigenvalue weighted by molar-refractivity contribution is -0.384. The summed E-state index contributed by atoms with van der Waals surface area (Å²) in [6, 6.07) is 4.35. The lowest BCUT2D eigenvalue weighted by atomic mass is 10.1. The minimum atomic E-state index is -0.779. The van der Waals surface area contributed by atoms with Crippen LogP contribution in [0.3, 0.4) is 0 Å². The molecular formula is C17H21N3O6. The Morgan fingerprint density at radius 2 is 2.12 bits per heavy atom. The van der Waals surface area contributed by atoms with E-state index in [1.165, 1.54) is 12.1 Å². The number of rotatable bonds is 8. The summed E-state index contributed by atoms with van der Waals surface area (Å²) >= 11 is 0. The zero-order valence-corrected chi connectivity index (χ0v) is 14.2. The van der Waals surface area contributed by atoms with Gasteiger partial charge in [-0.25, -0.2) is 4.79 Å². The number of nitrogens with zero attached hydrogens (tertiary/aromatic N) is 1. The molecule has 1 heterocycles. The van der Waals surface area contributed by atoms with Crippen molar-refractivity contribution in [2.75, 3.05) is 25.1 Å². The Morgan fingerprint density at radius 3 is 2.77 bits per heavy atom. The molecule has 2 fully saturated rings. The van der Waals surface area contributed by atoms with Crippen molar-refractivity contribution >= 4 is 23.3 Å². The number of carbonyl (C=O) groups excluding carboxylic acids is 2.